The molecular formula is C13H14N4O4. The van der Waals surface area contributed by atoms with E-state index in [-0.39, 0.29) is 11.9 Å². The predicted octanol–water partition coefficient (Wildman–Crippen LogP) is 0.820. The summed E-state index contributed by atoms with van der Waals surface area (Å²) in [7, 11) is 0. The van der Waals surface area contributed by atoms with Crippen molar-refractivity contribution in [2.45, 2.75) is 12.5 Å². The molecular weight excluding hydrogens is 276 g/mol. The molecule has 0 unspecified atom stereocenters. The average Bonchev–Trinajstić information content (AvgIpc) is 3.16. The molecule has 1 aromatic rings. The number of carbonyl (C=O) groups excluding carboxylic acids is 2. The Morgan fingerprint density at radius 3 is 2.62 bits per heavy atom. The van der Waals surface area contributed by atoms with Gasteiger partial charge in [-0.3, -0.25) is 19.8 Å². The van der Waals surface area contributed by atoms with Crippen molar-refractivity contribution in [2.75, 3.05) is 23.3 Å². The molecule has 0 bridgehead atoms. The molecule has 0 radical (unpaired) electrons. The Kier molecular flexibility index (Phi) is 3.20. The molecule has 3 amide bonds. The van der Waals surface area contributed by atoms with Crippen LogP contribution < -0.4 is 15.5 Å². The molecule has 1 aliphatic carbocycles. The topological polar surface area (TPSA) is 105 Å². The first-order valence-electron chi connectivity index (χ1n) is 6.66. The zero-order chi connectivity index (χ0) is 15.0. The second kappa shape index (κ2) is 5.04. The third-order valence-corrected chi connectivity index (χ3v) is 3.67. The fourth-order valence-electron chi connectivity index (χ4n) is 2.37. The van der Waals surface area contributed by atoms with Gasteiger partial charge >= 0.3 is 6.03 Å². The lowest BCUT2D eigenvalue weighted by molar-refractivity contribution is -0.497. The summed E-state index contributed by atoms with van der Waals surface area (Å²) < 4.78 is 0. The van der Waals surface area contributed by atoms with Crippen molar-refractivity contribution < 1.29 is 14.5 Å². The molecule has 1 aliphatic heterocycles. The maximum Gasteiger partial charge on any atom is 0.321 e. The first kappa shape index (κ1) is 13.3. The molecule has 2 atom stereocenters. The first-order valence-corrected chi connectivity index (χ1v) is 6.66. The van der Waals surface area contributed by atoms with Crippen molar-refractivity contribution in [3.63, 3.8) is 0 Å². The summed E-state index contributed by atoms with van der Waals surface area (Å²) in [5.74, 6) is -0.868. The number of carbonyl (C=O) groups is 2. The monoisotopic (exact) mass is 290 g/mol. The van der Waals surface area contributed by atoms with Gasteiger partial charge < -0.3 is 10.6 Å². The second-order valence-corrected chi connectivity index (χ2v) is 5.11. The minimum Gasteiger partial charge on any atom is -0.336 e. The van der Waals surface area contributed by atoms with Crippen LogP contribution in [0, 0.1) is 16.0 Å². The van der Waals surface area contributed by atoms with Gasteiger partial charge in [0.05, 0.1) is 0 Å². The summed E-state index contributed by atoms with van der Waals surface area (Å²) in [6.07, 6.45) is 0.296. The molecule has 1 aromatic carbocycles. The normalized spacial score (nSPS) is 23.6. The minimum atomic E-state index is -0.752. The van der Waals surface area contributed by atoms with Crippen LogP contribution >= 0.6 is 0 Å². The van der Waals surface area contributed by atoms with E-state index < -0.39 is 16.9 Å². The summed E-state index contributed by atoms with van der Waals surface area (Å²) in [4.78, 5) is 35.0. The molecule has 2 fully saturated rings. The van der Waals surface area contributed by atoms with Crippen molar-refractivity contribution in [3.05, 3.63) is 34.4 Å². The zero-order valence-electron chi connectivity index (χ0n) is 11.1. The molecule has 0 spiro atoms. The van der Waals surface area contributed by atoms with Crippen LogP contribution in [0.4, 0.5) is 16.2 Å². The van der Waals surface area contributed by atoms with Crippen LogP contribution in [-0.2, 0) is 4.79 Å². The van der Waals surface area contributed by atoms with Crippen molar-refractivity contribution in [3.8, 4) is 0 Å². The van der Waals surface area contributed by atoms with E-state index in [1.54, 1.807) is 29.2 Å². The van der Waals surface area contributed by atoms with Gasteiger partial charge in [0.1, 0.15) is 5.92 Å². The van der Waals surface area contributed by atoms with E-state index in [0.717, 1.165) is 5.69 Å². The van der Waals surface area contributed by atoms with E-state index >= 15 is 0 Å². The molecule has 1 heterocycles. The average molecular weight is 290 g/mol. The Morgan fingerprint density at radius 1 is 1.38 bits per heavy atom. The fraction of sp³-hybridized carbons (Fsp3) is 0.385. The van der Waals surface area contributed by atoms with Gasteiger partial charge in [0.2, 0.25) is 11.9 Å². The number of amides is 3. The van der Waals surface area contributed by atoms with Crippen molar-refractivity contribution in [1.29, 1.82) is 0 Å². The van der Waals surface area contributed by atoms with Crippen molar-refractivity contribution in [1.82, 2.24) is 5.32 Å². The lowest BCUT2D eigenvalue weighted by Gasteiger charge is -2.14. The lowest BCUT2D eigenvalue weighted by Crippen LogP contribution is -2.27. The number of nitro groups is 1. The highest BCUT2D eigenvalue weighted by molar-refractivity contribution is 5.96. The van der Waals surface area contributed by atoms with Crippen LogP contribution in [0.1, 0.15) is 6.42 Å². The summed E-state index contributed by atoms with van der Waals surface area (Å²) in [5, 5.41) is 15.9. The van der Waals surface area contributed by atoms with Gasteiger partial charge in [-0.15, -0.1) is 0 Å². The highest BCUT2D eigenvalue weighted by Gasteiger charge is 2.53. The van der Waals surface area contributed by atoms with E-state index in [2.05, 4.69) is 10.6 Å². The van der Waals surface area contributed by atoms with Crippen LogP contribution in [0.3, 0.4) is 0 Å². The van der Waals surface area contributed by atoms with Crippen molar-refractivity contribution >= 4 is 23.3 Å². The lowest BCUT2D eigenvalue weighted by atomic mass is 10.2. The van der Waals surface area contributed by atoms with Crippen LogP contribution in [-0.4, -0.2) is 36.0 Å². The van der Waals surface area contributed by atoms with Crippen molar-refractivity contribution in [2.24, 2.45) is 5.92 Å². The van der Waals surface area contributed by atoms with E-state index in [1.165, 1.54) is 0 Å². The van der Waals surface area contributed by atoms with E-state index in [1.807, 2.05) is 0 Å². The summed E-state index contributed by atoms with van der Waals surface area (Å²) in [5.41, 5.74) is 1.31. The summed E-state index contributed by atoms with van der Waals surface area (Å²) in [6.45, 7) is 1.22. The smallest absolute Gasteiger partial charge is 0.321 e. The highest BCUT2D eigenvalue weighted by atomic mass is 16.6. The van der Waals surface area contributed by atoms with E-state index in [9.17, 15) is 19.7 Å². The van der Waals surface area contributed by atoms with Gasteiger partial charge in [0.15, 0.2) is 0 Å². The summed E-state index contributed by atoms with van der Waals surface area (Å²) >= 11 is 0. The number of hydrogen-bond donors (Lipinski definition) is 2. The number of urea groups is 1. The fourth-order valence-corrected chi connectivity index (χ4v) is 2.37. The van der Waals surface area contributed by atoms with E-state index in [4.69, 9.17) is 0 Å². The molecule has 1 saturated heterocycles. The molecule has 1 saturated carbocycles. The SMILES string of the molecule is O=C(Nc1ccc(N2CCNC2=O)cc1)[C@@H]1C[C@@H]1[N+](=O)[O-]. The number of benzene rings is 1. The third kappa shape index (κ3) is 2.64. The maximum atomic E-state index is 11.8. The molecule has 8 heteroatoms. The number of anilines is 2. The van der Waals surface area contributed by atoms with Gasteiger partial charge in [-0.05, 0) is 24.3 Å². The number of rotatable bonds is 4. The Balaban J connectivity index is 1.61. The Bertz CT molecular complexity index is 601. The van der Waals surface area contributed by atoms with Gasteiger partial charge in [0.25, 0.3) is 0 Å². The zero-order valence-corrected chi connectivity index (χ0v) is 11.1. The van der Waals surface area contributed by atoms with Crippen LogP contribution in [0.25, 0.3) is 0 Å². The molecule has 8 nitrogen and oxygen atoms in total. The highest BCUT2D eigenvalue weighted by Crippen LogP contribution is 2.34. The molecule has 2 aliphatic rings. The van der Waals surface area contributed by atoms with Crippen LogP contribution in [0.15, 0.2) is 24.3 Å². The van der Waals surface area contributed by atoms with Gasteiger partial charge in [-0.2, -0.15) is 0 Å². The van der Waals surface area contributed by atoms with E-state index in [0.29, 0.717) is 25.2 Å². The second-order valence-electron chi connectivity index (χ2n) is 5.11. The number of hydrogen-bond acceptors (Lipinski definition) is 4. The predicted molar refractivity (Wildman–Crippen MR) is 74.7 cm³/mol. The Morgan fingerprint density at radius 2 is 2.10 bits per heavy atom. The van der Waals surface area contributed by atoms with Gasteiger partial charge in [-0.25, -0.2) is 4.79 Å². The summed E-state index contributed by atoms with van der Waals surface area (Å²) in [6, 6.07) is 5.94. The van der Waals surface area contributed by atoms with Gasteiger partial charge in [0, 0.05) is 35.8 Å². The number of nitrogens with one attached hydrogen (secondary N) is 2. The minimum absolute atomic E-state index is 0.140. The largest absolute Gasteiger partial charge is 0.336 e. The van der Waals surface area contributed by atoms with Crippen LogP contribution in [0.2, 0.25) is 0 Å². The molecule has 0 aromatic heterocycles. The standard InChI is InChI=1S/C13H14N4O4/c18-12(10-7-11(10)17(20)21)15-8-1-3-9(4-2-8)16-6-5-14-13(16)19/h1-4,10-11H,5-7H2,(H,14,19)(H,15,18)/t10-,11+/m1/s1. The van der Waals surface area contributed by atoms with Gasteiger partial charge in [-0.1, -0.05) is 0 Å². The molecule has 110 valence electrons. The Hall–Kier alpha value is -2.64. The maximum absolute atomic E-state index is 11.8. The quantitative estimate of drug-likeness (QED) is 0.632. The molecule has 21 heavy (non-hydrogen) atoms. The Labute approximate surface area is 120 Å². The third-order valence-electron chi connectivity index (χ3n) is 3.67. The van der Waals surface area contributed by atoms with Crippen LogP contribution in [0.5, 0.6) is 0 Å². The molecule has 2 N–H and O–H groups in total. The first-order chi connectivity index (χ1) is 10.1. The number of nitrogens with zero attached hydrogens (tertiary/aromatic N) is 2. The molecule has 3 rings (SSSR count).